The highest BCUT2D eigenvalue weighted by Gasteiger charge is 2.23. The van der Waals surface area contributed by atoms with E-state index >= 15 is 0 Å². The number of rotatable bonds is 7. The SMILES string of the molecule is CCOC(=O)C(C)N(CC)CC(=O)NC(C)C. The molecule has 1 N–H and O–H groups in total. The molecule has 0 aliphatic rings. The predicted octanol–water partition coefficient (Wildman–Crippen LogP) is 0.785. The van der Waals surface area contributed by atoms with E-state index in [1.807, 2.05) is 20.8 Å². The standard InChI is InChI=1S/C12H24N2O3/c1-6-14(8-11(15)13-9(3)4)10(5)12(16)17-7-2/h9-10H,6-8H2,1-5H3,(H,13,15). The molecule has 100 valence electrons. The van der Waals surface area contributed by atoms with Crippen molar-refractivity contribution in [2.45, 2.75) is 46.7 Å². The molecular formula is C12H24N2O3. The van der Waals surface area contributed by atoms with Gasteiger partial charge < -0.3 is 10.1 Å². The van der Waals surface area contributed by atoms with Crippen LogP contribution in [0.3, 0.4) is 0 Å². The summed E-state index contributed by atoms with van der Waals surface area (Å²) in [5.74, 6) is -0.357. The molecule has 0 aromatic carbocycles. The molecule has 0 rings (SSSR count). The van der Waals surface area contributed by atoms with Crippen molar-refractivity contribution in [2.24, 2.45) is 0 Å². The summed E-state index contributed by atoms with van der Waals surface area (Å²) in [6.45, 7) is 10.5. The minimum absolute atomic E-state index is 0.0713. The maximum Gasteiger partial charge on any atom is 0.323 e. The molecule has 0 bridgehead atoms. The summed E-state index contributed by atoms with van der Waals surface area (Å²) < 4.78 is 4.94. The van der Waals surface area contributed by atoms with Crippen molar-refractivity contribution in [3.05, 3.63) is 0 Å². The first-order valence-corrected chi connectivity index (χ1v) is 6.12. The third kappa shape index (κ3) is 6.26. The second-order valence-electron chi connectivity index (χ2n) is 4.21. The molecule has 5 nitrogen and oxygen atoms in total. The van der Waals surface area contributed by atoms with Crippen LogP contribution in [0.2, 0.25) is 0 Å². The Morgan fingerprint density at radius 1 is 1.24 bits per heavy atom. The van der Waals surface area contributed by atoms with Crippen LogP contribution < -0.4 is 5.32 Å². The fourth-order valence-corrected chi connectivity index (χ4v) is 1.49. The number of carbonyl (C=O) groups excluding carboxylic acids is 2. The zero-order chi connectivity index (χ0) is 13.4. The monoisotopic (exact) mass is 244 g/mol. The lowest BCUT2D eigenvalue weighted by atomic mass is 10.2. The zero-order valence-corrected chi connectivity index (χ0v) is 11.4. The van der Waals surface area contributed by atoms with Crippen LogP contribution in [-0.4, -0.2) is 48.6 Å². The highest BCUT2D eigenvalue weighted by Crippen LogP contribution is 2.01. The molecule has 5 heteroatoms. The molecule has 0 heterocycles. The third-order valence-corrected chi connectivity index (χ3v) is 2.38. The molecule has 0 aliphatic heterocycles. The lowest BCUT2D eigenvalue weighted by Crippen LogP contribution is -2.46. The Bertz CT molecular complexity index is 254. The average Bonchev–Trinajstić information content (AvgIpc) is 2.24. The van der Waals surface area contributed by atoms with Crippen LogP contribution in [-0.2, 0) is 14.3 Å². The van der Waals surface area contributed by atoms with E-state index in [-0.39, 0.29) is 24.5 Å². The van der Waals surface area contributed by atoms with Gasteiger partial charge >= 0.3 is 5.97 Å². The second kappa shape index (κ2) is 8.06. The summed E-state index contributed by atoms with van der Waals surface area (Å²) >= 11 is 0. The fraction of sp³-hybridized carbons (Fsp3) is 0.833. The van der Waals surface area contributed by atoms with Gasteiger partial charge in [0.15, 0.2) is 0 Å². The number of esters is 1. The molecule has 1 amide bonds. The van der Waals surface area contributed by atoms with E-state index < -0.39 is 6.04 Å². The first-order valence-electron chi connectivity index (χ1n) is 6.12. The van der Waals surface area contributed by atoms with Gasteiger partial charge in [0.05, 0.1) is 13.2 Å². The van der Waals surface area contributed by atoms with E-state index in [1.165, 1.54) is 0 Å². The minimum Gasteiger partial charge on any atom is -0.465 e. The molecule has 17 heavy (non-hydrogen) atoms. The van der Waals surface area contributed by atoms with Crippen molar-refractivity contribution in [1.29, 1.82) is 0 Å². The maximum atomic E-state index is 11.6. The van der Waals surface area contributed by atoms with Gasteiger partial charge in [-0.25, -0.2) is 0 Å². The molecule has 0 aliphatic carbocycles. The lowest BCUT2D eigenvalue weighted by Gasteiger charge is -2.25. The molecule has 0 saturated carbocycles. The smallest absolute Gasteiger partial charge is 0.323 e. The van der Waals surface area contributed by atoms with Crippen LogP contribution in [0, 0.1) is 0 Å². The Balaban J connectivity index is 4.31. The summed E-state index contributed by atoms with van der Waals surface area (Å²) in [6, 6.07) is -0.281. The van der Waals surface area contributed by atoms with Gasteiger partial charge in [0.25, 0.3) is 0 Å². The fourth-order valence-electron chi connectivity index (χ4n) is 1.49. The number of hydrogen-bond donors (Lipinski definition) is 1. The Hall–Kier alpha value is -1.10. The summed E-state index contributed by atoms with van der Waals surface area (Å²) in [5.41, 5.74) is 0. The van der Waals surface area contributed by atoms with Crippen LogP contribution in [0.1, 0.15) is 34.6 Å². The number of likely N-dealkylation sites (N-methyl/N-ethyl adjacent to an activating group) is 1. The van der Waals surface area contributed by atoms with Gasteiger partial charge in [-0.2, -0.15) is 0 Å². The van der Waals surface area contributed by atoms with Crippen molar-refractivity contribution in [2.75, 3.05) is 19.7 Å². The highest BCUT2D eigenvalue weighted by atomic mass is 16.5. The number of carbonyl (C=O) groups is 2. The van der Waals surface area contributed by atoms with Crippen molar-refractivity contribution >= 4 is 11.9 Å². The lowest BCUT2D eigenvalue weighted by molar-refractivity contribution is -0.149. The van der Waals surface area contributed by atoms with Crippen molar-refractivity contribution < 1.29 is 14.3 Å². The van der Waals surface area contributed by atoms with Crippen molar-refractivity contribution in [3.63, 3.8) is 0 Å². The number of hydrogen-bond acceptors (Lipinski definition) is 4. The quantitative estimate of drug-likeness (QED) is 0.673. The Labute approximate surface area is 103 Å². The summed E-state index contributed by atoms with van der Waals surface area (Å²) in [5, 5.41) is 2.80. The van der Waals surface area contributed by atoms with Gasteiger partial charge in [0.2, 0.25) is 5.91 Å². The van der Waals surface area contributed by atoms with E-state index in [0.29, 0.717) is 13.2 Å². The number of amides is 1. The molecule has 1 atom stereocenters. The predicted molar refractivity (Wildman–Crippen MR) is 66.6 cm³/mol. The first kappa shape index (κ1) is 15.9. The van der Waals surface area contributed by atoms with Gasteiger partial charge in [0, 0.05) is 6.04 Å². The third-order valence-electron chi connectivity index (χ3n) is 2.38. The number of nitrogens with one attached hydrogen (secondary N) is 1. The zero-order valence-electron chi connectivity index (χ0n) is 11.4. The summed E-state index contributed by atoms with van der Waals surface area (Å²) in [6.07, 6.45) is 0. The highest BCUT2D eigenvalue weighted by molar-refractivity contribution is 5.80. The second-order valence-corrected chi connectivity index (χ2v) is 4.21. The number of nitrogens with zero attached hydrogens (tertiary/aromatic N) is 1. The van der Waals surface area contributed by atoms with Crippen molar-refractivity contribution in [1.82, 2.24) is 10.2 Å². The van der Waals surface area contributed by atoms with Crippen LogP contribution in [0.25, 0.3) is 0 Å². The van der Waals surface area contributed by atoms with E-state index in [9.17, 15) is 9.59 Å². The molecule has 0 radical (unpaired) electrons. The van der Waals surface area contributed by atoms with Gasteiger partial charge in [-0.1, -0.05) is 6.92 Å². The Kier molecular flexibility index (Phi) is 7.54. The molecule has 0 aromatic heterocycles. The molecule has 0 saturated heterocycles. The molecule has 0 spiro atoms. The largest absolute Gasteiger partial charge is 0.465 e. The van der Waals surface area contributed by atoms with Gasteiger partial charge in [0.1, 0.15) is 6.04 Å². The molecule has 0 fully saturated rings. The summed E-state index contributed by atoms with van der Waals surface area (Å²) in [4.78, 5) is 24.9. The van der Waals surface area contributed by atoms with E-state index in [0.717, 1.165) is 0 Å². The van der Waals surface area contributed by atoms with Gasteiger partial charge in [-0.15, -0.1) is 0 Å². The van der Waals surface area contributed by atoms with E-state index in [4.69, 9.17) is 4.74 Å². The Morgan fingerprint density at radius 2 is 1.82 bits per heavy atom. The molecule has 0 aromatic rings. The normalized spacial score (nSPS) is 12.6. The number of ether oxygens (including phenoxy) is 1. The average molecular weight is 244 g/mol. The van der Waals surface area contributed by atoms with Gasteiger partial charge in [-0.05, 0) is 34.2 Å². The topological polar surface area (TPSA) is 58.6 Å². The molecule has 1 unspecified atom stereocenters. The van der Waals surface area contributed by atoms with Crippen molar-refractivity contribution in [3.8, 4) is 0 Å². The van der Waals surface area contributed by atoms with E-state index in [2.05, 4.69) is 5.32 Å². The van der Waals surface area contributed by atoms with Crippen LogP contribution in [0.15, 0.2) is 0 Å². The first-order chi connectivity index (χ1) is 7.92. The van der Waals surface area contributed by atoms with Crippen LogP contribution in [0.4, 0.5) is 0 Å². The maximum absolute atomic E-state index is 11.6. The van der Waals surface area contributed by atoms with Gasteiger partial charge in [-0.3, -0.25) is 14.5 Å². The van der Waals surface area contributed by atoms with Crippen LogP contribution in [0.5, 0.6) is 0 Å². The summed E-state index contributed by atoms with van der Waals surface area (Å²) in [7, 11) is 0. The molecular weight excluding hydrogens is 220 g/mol. The van der Waals surface area contributed by atoms with E-state index in [1.54, 1.807) is 18.7 Å². The minimum atomic E-state index is -0.391. The van der Waals surface area contributed by atoms with Crippen LogP contribution >= 0.6 is 0 Å². The Morgan fingerprint density at radius 3 is 2.24 bits per heavy atom.